The average Bonchev–Trinajstić information content (AvgIpc) is 3.43. The molecule has 256 valence electrons. The van der Waals surface area contributed by atoms with E-state index in [0.29, 0.717) is 18.8 Å². The molecule has 0 radical (unpaired) electrons. The molecule has 2 heterocycles. The van der Waals surface area contributed by atoms with E-state index in [9.17, 15) is 4.79 Å². The van der Waals surface area contributed by atoms with Crippen LogP contribution in [0.15, 0.2) is 64.5 Å². The Morgan fingerprint density at radius 1 is 0.936 bits per heavy atom. The Kier molecular flexibility index (Phi) is 13.7. The highest BCUT2D eigenvalue weighted by Crippen LogP contribution is 2.26. The van der Waals surface area contributed by atoms with Gasteiger partial charge in [0.15, 0.2) is 5.96 Å². The minimum Gasteiger partial charge on any atom is -0.380 e. The van der Waals surface area contributed by atoms with E-state index in [0.717, 1.165) is 67.6 Å². The largest absolute Gasteiger partial charge is 0.380 e. The minimum absolute atomic E-state index is 0.0352. The summed E-state index contributed by atoms with van der Waals surface area (Å²) in [6.07, 6.45) is 6.07. The van der Waals surface area contributed by atoms with E-state index >= 15 is 0 Å². The molecule has 10 nitrogen and oxygen atoms in total. The zero-order valence-corrected chi connectivity index (χ0v) is 29.5. The first-order valence-corrected chi connectivity index (χ1v) is 16.5. The van der Waals surface area contributed by atoms with Crippen LogP contribution in [0.1, 0.15) is 88.8 Å². The van der Waals surface area contributed by atoms with Gasteiger partial charge < -0.3 is 32.2 Å². The van der Waals surface area contributed by atoms with Crippen molar-refractivity contribution in [3.05, 3.63) is 93.2 Å². The summed E-state index contributed by atoms with van der Waals surface area (Å²) >= 11 is 0. The Balaban J connectivity index is 0.000000287. The zero-order chi connectivity index (χ0) is 34.6. The van der Waals surface area contributed by atoms with Gasteiger partial charge in [0, 0.05) is 42.9 Å². The predicted molar refractivity (Wildman–Crippen MR) is 195 cm³/mol. The van der Waals surface area contributed by atoms with Gasteiger partial charge in [-0.05, 0) is 84.6 Å². The number of ether oxygens (including phenoxy) is 1. The number of hydrogen-bond acceptors (Lipinski definition) is 6. The second-order valence-corrected chi connectivity index (χ2v) is 14.1. The number of nitrogens with one attached hydrogen (secondary N) is 2. The van der Waals surface area contributed by atoms with Gasteiger partial charge in [-0.15, -0.1) is 0 Å². The molecule has 0 aliphatic rings. The van der Waals surface area contributed by atoms with Crippen molar-refractivity contribution in [2.24, 2.45) is 22.2 Å². The SMILES string of the molecule is CC(C)(C)c1cc2cn(-c3ccc(CNCCCN=C(N)N)cc3)c(=O)nc2[nH]1.COCc1cc(CCCCN)cc(C(C)(C)C)c1. The van der Waals surface area contributed by atoms with Gasteiger partial charge in [0.1, 0.15) is 5.65 Å². The number of nitrogens with two attached hydrogens (primary N) is 3. The summed E-state index contributed by atoms with van der Waals surface area (Å²) in [5, 5.41) is 4.27. The number of aryl methyl sites for hydroxylation is 1. The fourth-order valence-corrected chi connectivity index (χ4v) is 5.07. The van der Waals surface area contributed by atoms with Crippen molar-refractivity contribution < 1.29 is 4.74 Å². The van der Waals surface area contributed by atoms with Crippen molar-refractivity contribution in [3.8, 4) is 5.69 Å². The van der Waals surface area contributed by atoms with E-state index < -0.39 is 0 Å². The van der Waals surface area contributed by atoms with Crippen LogP contribution in [0.5, 0.6) is 0 Å². The Labute approximate surface area is 280 Å². The molecule has 0 fully saturated rings. The second-order valence-electron chi connectivity index (χ2n) is 14.1. The highest BCUT2D eigenvalue weighted by Gasteiger charge is 2.18. The Morgan fingerprint density at radius 2 is 1.64 bits per heavy atom. The van der Waals surface area contributed by atoms with Crippen molar-refractivity contribution >= 4 is 17.0 Å². The molecule has 0 aliphatic heterocycles. The first kappa shape index (κ1) is 37.5. The van der Waals surface area contributed by atoms with Gasteiger partial charge >= 0.3 is 5.69 Å². The summed E-state index contributed by atoms with van der Waals surface area (Å²) in [6.45, 7) is 16.8. The molecule has 0 aliphatic carbocycles. The normalized spacial score (nSPS) is 11.7. The Morgan fingerprint density at radius 3 is 2.26 bits per heavy atom. The maximum absolute atomic E-state index is 12.5. The van der Waals surface area contributed by atoms with E-state index in [1.165, 1.54) is 16.7 Å². The van der Waals surface area contributed by atoms with Gasteiger partial charge in [0.2, 0.25) is 0 Å². The fraction of sp³-hybridized carbons (Fsp3) is 0.486. The van der Waals surface area contributed by atoms with E-state index in [4.69, 9.17) is 21.9 Å². The third-order valence-corrected chi connectivity index (χ3v) is 7.81. The lowest BCUT2D eigenvalue weighted by Crippen LogP contribution is -2.23. The zero-order valence-electron chi connectivity index (χ0n) is 29.5. The lowest BCUT2D eigenvalue weighted by atomic mass is 9.84. The number of rotatable bonds is 13. The smallest absolute Gasteiger partial charge is 0.354 e. The van der Waals surface area contributed by atoms with Gasteiger partial charge in [-0.3, -0.25) is 9.56 Å². The van der Waals surface area contributed by atoms with E-state index in [1.54, 1.807) is 11.7 Å². The van der Waals surface area contributed by atoms with Crippen LogP contribution in [0.3, 0.4) is 0 Å². The number of hydrogen-bond donors (Lipinski definition) is 5. The second kappa shape index (κ2) is 17.2. The summed E-state index contributed by atoms with van der Waals surface area (Å²) < 4.78 is 6.83. The summed E-state index contributed by atoms with van der Waals surface area (Å²) in [6, 6.07) is 16.8. The van der Waals surface area contributed by atoms with Crippen LogP contribution >= 0.6 is 0 Å². The monoisotopic (exact) mass is 644 g/mol. The predicted octanol–water partition coefficient (Wildman–Crippen LogP) is 5.18. The summed E-state index contributed by atoms with van der Waals surface area (Å²) in [7, 11) is 1.75. The maximum atomic E-state index is 12.5. The average molecular weight is 645 g/mol. The lowest BCUT2D eigenvalue weighted by Gasteiger charge is -2.21. The summed E-state index contributed by atoms with van der Waals surface area (Å²) in [5.41, 5.74) is 23.7. The molecule has 0 unspecified atom stereocenters. The third kappa shape index (κ3) is 12.0. The molecule has 0 atom stereocenters. The van der Waals surface area contributed by atoms with Crippen LogP contribution in [-0.4, -0.2) is 47.2 Å². The molecule has 4 rings (SSSR count). The molecule has 8 N–H and O–H groups in total. The van der Waals surface area contributed by atoms with Crippen molar-refractivity contribution in [3.63, 3.8) is 0 Å². The van der Waals surface area contributed by atoms with Crippen LogP contribution in [0, 0.1) is 0 Å². The first-order valence-electron chi connectivity index (χ1n) is 16.5. The molecular weight excluding hydrogens is 588 g/mol. The highest BCUT2D eigenvalue weighted by molar-refractivity contribution is 5.76. The first-order chi connectivity index (χ1) is 22.2. The van der Waals surface area contributed by atoms with Crippen LogP contribution in [-0.2, 0) is 35.1 Å². The number of unbranched alkanes of at least 4 members (excludes halogenated alkanes) is 1. The topological polar surface area (TPSA) is 162 Å². The highest BCUT2D eigenvalue weighted by atomic mass is 16.5. The van der Waals surface area contributed by atoms with Gasteiger partial charge in [0.05, 0.1) is 12.3 Å². The molecule has 2 aromatic carbocycles. The standard InChI is InChI=1S/C21H29N7O.C16H27NO/c1-21(2,3)17-11-15-13-28(20(29)27-18(15)26-17)16-7-5-14(6-8-16)12-24-9-4-10-25-19(22)23;1-16(2,3)15-10-13(7-5-6-8-17)9-14(11-15)12-18-4/h5-8,11,13,24H,4,9-10,12H2,1-3H3,(H4,22,23,25)(H,26,27,29);9-11H,5-8,12,17H2,1-4H3. The molecule has 0 amide bonds. The third-order valence-electron chi connectivity index (χ3n) is 7.81. The van der Waals surface area contributed by atoms with Crippen molar-refractivity contribution in [1.82, 2.24) is 19.9 Å². The number of H-pyrrole nitrogens is 1. The fourth-order valence-electron chi connectivity index (χ4n) is 5.07. The number of nitrogens with zero attached hydrogens (tertiary/aromatic N) is 3. The van der Waals surface area contributed by atoms with Gasteiger partial charge in [-0.1, -0.05) is 71.9 Å². The Bertz CT molecular complexity index is 1640. The molecule has 4 aromatic rings. The molecule has 0 saturated heterocycles. The maximum Gasteiger partial charge on any atom is 0.354 e. The molecule has 0 bridgehead atoms. The van der Waals surface area contributed by atoms with Crippen molar-refractivity contribution in [2.45, 2.75) is 91.2 Å². The van der Waals surface area contributed by atoms with E-state index in [2.05, 4.69) is 86.1 Å². The quantitative estimate of drug-likeness (QED) is 0.0761. The van der Waals surface area contributed by atoms with Crippen LogP contribution in [0.2, 0.25) is 0 Å². The van der Waals surface area contributed by atoms with Gasteiger partial charge in [-0.2, -0.15) is 4.98 Å². The number of guanidine groups is 1. The number of methoxy groups -OCH3 is 1. The minimum atomic E-state index is -0.301. The van der Waals surface area contributed by atoms with E-state index in [1.807, 2.05) is 30.5 Å². The van der Waals surface area contributed by atoms with Crippen molar-refractivity contribution in [2.75, 3.05) is 26.7 Å². The molecule has 0 saturated carbocycles. The molecular formula is C37H56N8O2. The van der Waals surface area contributed by atoms with Crippen LogP contribution in [0.4, 0.5) is 0 Å². The van der Waals surface area contributed by atoms with Gasteiger partial charge in [0.25, 0.3) is 0 Å². The number of aromatic nitrogens is 3. The summed E-state index contributed by atoms with van der Waals surface area (Å²) in [4.78, 5) is 23.9. The lowest BCUT2D eigenvalue weighted by molar-refractivity contribution is 0.184. The molecule has 10 heteroatoms. The van der Waals surface area contributed by atoms with Gasteiger partial charge in [-0.25, -0.2) is 4.79 Å². The number of fused-ring (bicyclic) bond motifs is 1. The van der Waals surface area contributed by atoms with Crippen molar-refractivity contribution in [1.29, 1.82) is 0 Å². The number of benzene rings is 2. The molecule has 0 spiro atoms. The van der Waals surface area contributed by atoms with Crippen LogP contribution < -0.4 is 28.2 Å². The summed E-state index contributed by atoms with van der Waals surface area (Å²) in [5.74, 6) is 0.123. The Hall–Kier alpha value is -3.99. The molecule has 47 heavy (non-hydrogen) atoms. The number of aromatic amines is 1. The molecule has 2 aromatic heterocycles. The number of aliphatic imine (C=N–C) groups is 1. The van der Waals surface area contributed by atoms with Crippen LogP contribution in [0.25, 0.3) is 16.7 Å². The van der Waals surface area contributed by atoms with E-state index in [-0.39, 0.29) is 22.5 Å².